The summed E-state index contributed by atoms with van der Waals surface area (Å²) in [5.41, 5.74) is 0.917. The molecular formula is C21H23FN2O3. The topological polar surface area (TPSA) is 58.6 Å². The lowest BCUT2D eigenvalue weighted by atomic mass is 9.87. The summed E-state index contributed by atoms with van der Waals surface area (Å²) < 4.78 is 19.6. The molecule has 1 aliphatic rings. The normalized spacial score (nSPS) is 19.4. The van der Waals surface area contributed by atoms with Crippen LogP contribution in [0.3, 0.4) is 0 Å². The summed E-state index contributed by atoms with van der Waals surface area (Å²) >= 11 is 0. The number of nitrogens with zero attached hydrogens (tertiary/aromatic N) is 1. The van der Waals surface area contributed by atoms with Crippen LogP contribution in [-0.2, 0) is 9.59 Å². The number of ether oxygens (including phenoxy) is 1. The van der Waals surface area contributed by atoms with Crippen LogP contribution in [0.15, 0.2) is 48.5 Å². The van der Waals surface area contributed by atoms with Crippen molar-refractivity contribution in [3.8, 4) is 5.75 Å². The fourth-order valence-corrected chi connectivity index (χ4v) is 3.36. The Balaban J connectivity index is 1.87. The van der Waals surface area contributed by atoms with Gasteiger partial charge in [-0.25, -0.2) is 4.39 Å². The van der Waals surface area contributed by atoms with E-state index < -0.39 is 17.6 Å². The molecule has 6 heteroatoms. The molecule has 0 unspecified atom stereocenters. The third-order valence-corrected chi connectivity index (χ3v) is 4.59. The van der Waals surface area contributed by atoms with Gasteiger partial charge in [-0.2, -0.15) is 0 Å². The van der Waals surface area contributed by atoms with Crippen molar-refractivity contribution >= 4 is 17.5 Å². The SMILES string of the molecule is CC(C)Oc1cccc([C@H]2CN(C)C(=O)[C@@H]2C(=O)Nc2ccccc2F)c1. The van der Waals surface area contributed by atoms with E-state index in [9.17, 15) is 14.0 Å². The van der Waals surface area contributed by atoms with E-state index in [4.69, 9.17) is 4.74 Å². The van der Waals surface area contributed by atoms with E-state index in [2.05, 4.69) is 5.32 Å². The summed E-state index contributed by atoms with van der Waals surface area (Å²) in [5.74, 6) is -1.86. The minimum atomic E-state index is -0.913. The van der Waals surface area contributed by atoms with E-state index in [0.29, 0.717) is 12.3 Å². The predicted molar refractivity (Wildman–Crippen MR) is 101 cm³/mol. The van der Waals surface area contributed by atoms with Gasteiger partial charge in [0.2, 0.25) is 11.8 Å². The fourth-order valence-electron chi connectivity index (χ4n) is 3.36. The first-order valence-corrected chi connectivity index (χ1v) is 8.94. The van der Waals surface area contributed by atoms with E-state index in [1.54, 1.807) is 19.2 Å². The van der Waals surface area contributed by atoms with Crippen molar-refractivity contribution < 1.29 is 18.7 Å². The first kappa shape index (κ1) is 18.9. The highest BCUT2D eigenvalue weighted by Crippen LogP contribution is 2.35. The number of carbonyl (C=O) groups excluding carboxylic acids is 2. The number of anilines is 1. The number of hydrogen-bond acceptors (Lipinski definition) is 3. The molecule has 3 rings (SSSR count). The summed E-state index contributed by atoms with van der Waals surface area (Å²) in [6.45, 7) is 4.29. The van der Waals surface area contributed by atoms with Crippen molar-refractivity contribution in [2.24, 2.45) is 5.92 Å². The quantitative estimate of drug-likeness (QED) is 0.821. The van der Waals surface area contributed by atoms with Crippen LogP contribution in [0.5, 0.6) is 5.75 Å². The largest absolute Gasteiger partial charge is 0.491 e. The molecule has 0 aliphatic carbocycles. The zero-order valence-corrected chi connectivity index (χ0v) is 15.6. The summed E-state index contributed by atoms with van der Waals surface area (Å²) in [4.78, 5) is 27.0. The Hall–Kier alpha value is -2.89. The minimum absolute atomic E-state index is 0.0216. The molecule has 1 aliphatic heterocycles. The number of rotatable bonds is 5. The molecule has 2 amide bonds. The standard InChI is InChI=1S/C21H23FN2O3/c1-13(2)27-15-8-6-7-14(11-15)16-12-24(3)21(26)19(16)20(25)23-18-10-5-4-9-17(18)22/h4-11,13,16,19H,12H2,1-3H3,(H,23,25)/t16-,19+/m1/s1. The van der Waals surface area contributed by atoms with E-state index in [0.717, 1.165) is 5.56 Å². The molecular weight excluding hydrogens is 347 g/mol. The Labute approximate surface area is 158 Å². The van der Waals surface area contributed by atoms with Crippen molar-refractivity contribution in [3.63, 3.8) is 0 Å². The van der Waals surface area contributed by atoms with Gasteiger partial charge in [0.25, 0.3) is 0 Å². The first-order valence-electron chi connectivity index (χ1n) is 8.94. The minimum Gasteiger partial charge on any atom is -0.491 e. The number of amides is 2. The molecule has 0 saturated carbocycles. The molecule has 2 atom stereocenters. The van der Waals surface area contributed by atoms with Crippen LogP contribution in [-0.4, -0.2) is 36.4 Å². The molecule has 2 aromatic carbocycles. The molecule has 0 spiro atoms. The molecule has 1 fully saturated rings. The maximum atomic E-state index is 13.9. The first-order chi connectivity index (χ1) is 12.9. The zero-order chi connectivity index (χ0) is 19.6. The van der Waals surface area contributed by atoms with Crippen molar-refractivity contribution in [2.45, 2.75) is 25.9 Å². The van der Waals surface area contributed by atoms with Crippen LogP contribution in [0, 0.1) is 11.7 Å². The van der Waals surface area contributed by atoms with Gasteiger partial charge in [0.05, 0.1) is 11.8 Å². The van der Waals surface area contributed by atoms with Crippen molar-refractivity contribution in [1.29, 1.82) is 0 Å². The molecule has 0 radical (unpaired) electrons. The Morgan fingerprint density at radius 2 is 1.96 bits per heavy atom. The Morgan fingerprint density at radius 3 is 2.67 bits per heavy atom. The molecule has 1 saturated heterocycles. The van der Waals surface area contributed by atoms with Crippen LogP contribution in [0.4, 0.5) is 10.1 Å². The van der Waals surface area contributed by atoms with Crippen molar-refractivity contribution in [1.82, 2.24) is 4.90 Å². The van der Waals surface area contributed by atoms with Crippen molar-refractivity contribution in [3.05, 3.63) is 59.9 Å². The van der Waals surface area contributed by atoms with Gasteiger partial charge in [-0.3, -0.25) is 9.59 Å². The maximum Gasteiger partial charge on any atom is 0.237 e. The van der Waals surface area contributed by atoms with Crippen LogP contribution in [0.1, 0.15) is 25.3 Å². The van der Waals surface area contributed by atoms with Gasteiger partial charge in [-0.05, 0) is 43.7 Å². The summed E-state index contributed by atoms with van der Waals surface area (Å²) in [5, 5.41) is 2.56. The summed E-state index contributed by atoms with van der Waals surface area (Å²) in [6, 6.07) is 13.4. The number of carbonyl (C=O) groups is 2. The number of para-hydroxylation sites is 1. The van der Waals surface area contributed by atoms with Gasteiger partial charge in [-0.1, -0.05) is 24.3 Å². The molecule has 2 aromatic rings. The molecule has 1 heterocycles. The van der Waals surface area contributed by atoms with Gasteiger partial charge in [0.15, 0.2) is 0 Å². The van der Waals surface area contributed by atoms with E-state index in [-0.39, 0.29) is 23.6 Å². The highest BCUT2D eigenvalue weighted by molar-refractivity contribution is 6.08. The Bertz CT molecular complexity index is 853. The van der Waals surface area contributed by atoms with Crippen LogP contribution >= 0.6 is 0 Å². The Kier molecular flexibility index (Phi) is 5.44. The highest BCUT2D eigenvalue weighted by Gasteiger charge is 2.44. The number of likely N-dealkylation sites (tertiary alicyclic amines) is 1. The van der Waals surface area contributed by atoms with Crippen LogP contribution in [0.2, 0.25) is 0 Å². The lowest BCUT2D eigenvalue weighted by molar-refractivity contribution is -0.135. The molecule has 1 N–H and O–H groups in total. The van der Waals surface area contributed by atoms with Crippen LogP contribution in [0.25, 0.3) is 0 Å². The highest BCUT2D eigenvalue weighted by atomic mass is 19.1. The molecule has 142 valence electrons. The number of nitrogens with one attached hydrogen (secondary N) is 1. The second-order valence-electron chi connectivity index (χ2n) is 7.01. The lowest BCUT2D eigenvalue weighted by Gasteiger charge is -2.18. The fraction of sp³-hybridized carbons (Fsp3) is 0.333. The third kappa shape index (κ3) is 4.10. The van der Waals surface area contributed by atoms with Crippen molar-refractivity contribution in [2.75, 3.05) is 18.9 Å². The number of halogens is 1. The average Bonchev–Trinajstić information content (AvgIpc) is 2.92. The van der Waals surface area contributed by atoms with Gasteiger partial charge >= 0.3 is 0 Å². The second-order valence-corrected chi connectivity index (χ2v) is 7.01. The smallest absolute Gasteiger partial charge is 0.237 e. The van der Waals surface area contributed by atoms with Gasteiger partial charge in [0, 0.05) is 19.5 Å². The molecule has 0 aromatic heterocycles. The maximum absolute atomic E-state index is 13.9. The Morgan fingerprint density at radius 1 is 1.22 bits per heavy atom. The third-order valence-electron chi connectivity index (χ3n) is 4.59. The van der Waals surface area contributed by atoms with Crippen LogP contribution < -0.4 is 10.1 Å². The zero-order valence-electron chi connectivity index (χ0n) is 15.6. The molecule has 27 heavy (non-hydrogen) atoms. The monoisotopic (exact) mass is 370 g/mol. The van der Waals surface area contributed by atoms with E-state index in [1.165, 1.54) is 17.0 Å². The predicted octanol–water partition coefficient (Wildman–Crippen LogP) is 3.42. The average molecular weight is 370 g/mol. The number of benzene rings is 2. The molecule has 5 nitrogen and oxygen atoms in total. The van der Waals surface area contributed by atoms with E-state index in [1.807, 2.05) is 38.1 Å². The summed E-state index contributed by atoms with van der Waals surface area (Å²) in [7, 11) is 1.67. The molecule has 0 bridgehead atoms. The van der Waals surface area contributed by atoms with Gasteiger partial charge in [0.1, 0.15) is 17.5 Å². The van der Waals surface area contributed by atoms with Gasteiger partial charge < -0.3 is 15.0 Å². The lowest BCUT2D eigenvalue weighted by Crippen LogP contribution is -2.33. The number of likely N-dealkylation sites (N-methyl/N-ethyl adjacent to an activating group) is 1. The summed E-state index contributed by atoms with van der Waals surface area (Å²) in [6.07, 6.45) is 0.0216. The number of hydrogen-bond donors (Lipinski definition) is 1. The van der Waals surface area contributed by atoms with E-state index >= 15 is 0 Å². The second kappa shape index (κ2) is 7.78. The van der Waals surface area contributed by atoms with Gasteiger partial charge in [-0.15, -0.1) is 0 Å².